The third-order valence-electron chi connectivity index (χ3n) is 4.35. The molecule has 3 nitrogen and oxygen atoms in total. The largest absolute Gasteiger partial charge is 0.390 e. The summed E-state index contributed by atoms with van der Waals surface area (Å²) < 4.78 is 0. The summed E-state index contributed by atoms with van der Waals surface area (Å²) in [7, 11) is 0. The Labute approximate surface area is 104 Å². The molecule has 3 aliphatic rings. The van der Waals surface area contributed by atoms with Crippen molar-refractivity contribution in [3.05, 3.63) is 16.0 Å². The molecule has 0 aliphatic heterocycles. The molecule has 0 saturated heterocycles. The van der Waals surface area contributed by atoms with Gasteiger partial charge in [0, 0.05) is 10.9 Å². The summed E-state index contributed by atoms with van der Waals surface area (Å²) in [5.74, 6) is 1.39. The van der Waals surface area contributed by atoms with Gasteiger partial charge in [0.25, 0.3) is 5.91 Å². The number of nitrogens with one attached hydrogen (secondary N) is 1. The van der Waals surface area contributed by atoms with Crippen LogP contribution in [0.15, 0.2) is 0 Å². The number of amides is 1. The van der Waals surface area contributed by atoms with Gasteiger partial charge in [-0.25, -0.2) is 0 Å². The van der Waals surface area contributed by atoms with Gasteiger partial charge < -0.3 is 11.1 Å². The lowest BCUT2D eigenvalue weighted by Crippen LogP contribution is -2.26. The Hall–Kier alpha value is -1.03. The minimum Gasteiger partial charge on any atom is -0.390 e. The number of rotatable bonds is 2. The van der Waals surface area contributed by atoms with Crippen molar-refractivity contribution in [3.8, 4) is 0 Å². The van der Waals surface area contributed by atoms with E-state index in [1.54, 1.807) is 11.3 Å². The zero-order valence-electron chi connectivity index (χ0n) is 9.66. The van der Waals surface area contributed by atoms with Crippen molar-refractivity contribution in [1.29, 1.82) is 0 Å². The van der Waals surface area contributed by atoms with Gasteiger partial charge in [-0.2, -0.15) is 0 Å². The Morgan fingerprint density at radius 3 is 2.76 bits per heavy atom. The van der Waals surface area contributed by atoms with E-state index in [1.807, 2.05) is 0 Å². The van der Waals surface area contributed by atoms with Crippen molar-refractivity contribution >= 4 is 22.2 Å². The number of hydrogen-bond acceptors (Lipinski definition) is 3. The van der Waals surface area contributed by atoms with Crippen molar-refractivity contribution < 1.29 is 4.79 Å². The lowest BCUT2D eigenvalue weighted by molar-refractivity contribution is 0.0951. The van der Waals surface area contributed by atoms with Gasteiger partial charge >= 0.3 is 0 Å². The summed E-state index contributed by atoms with van der Waals surface area (Å²) in [6.45, 7) is 0. The van der Waals surface area contributed by atoms with Gasteiger partial charge in [-0.1, -0.05) is 0 Å². The molecule has 90 valence electrons. The first-order valence-electron chi connectivity index (χ1n) is 6.47. The van der Waals surface area contributed by atoms with Gasteiger partial charge in [-0.05, 0) is 49.5 Å². The van der Waals surface area contributed by atoms with Crippen LogP contribution in [-0.4, -0.2) is 11.9 Å². The molecule has 0 spiro atoms. The normalized spacial score (nSPS) is 29.4. The fourth-order valence-electron chi connectivity index (χ4n) is 3.39. The van der Waals surface area contributed by atoms with E-state index in [0.717, 1.165) is 23.4 Å². The molecule has 1 amide bonds. The summed E-state index contributed by atoms with van der Waals surface area (Å²) in [6.07, 6.45) is 6.05. The molecule has 2 fully saturated rings. The molecule has 3 aliphatic carbocycles. The first-order valence-corrected chi connectivity index (χ1v) is 7.28. The smallest absolute Gasteiger partial charge is 0.254 e. The van der Waals surface area contributed by atoms with Crippen molar-refractivity contribution in [1.82, 2.24) is 5.32 Å². The summed E-state index contributed by atoms with van der Waals surface area (Å²) in [5, 5.41) is 3.81. The lowest BCUT2D eigenvalue weighted by atomic mass is 9.94. The molecule has 1 aromatic heterocycles. The molecule has 2 unspecified atom stereocenters. The molecule has 0 aromatic carbocycles. The minimum absolute atomic E-state index is 0.0788. The number of carbonyl (C=O) groups is 1. The second kappa shape index (κ2) is 3.25. The van der Waals surface area contributed by atoms with E-state index in [2.05, 4.69) is 5.32 Å². The molecule has 17 heavy (non-hydrogen) atoms. The van der Waals surface area contributed by atoms with Gasteiger partial charge in [-0.3, -0.25) is 4.79 Å². The summed E-state index contributed by atoms with van der Waals surface area (Å²) >= 11 is 1.66. The van der Waals surface area contributed by atoms with E-state index in [0.29, 0.717) is 17.9 Å². The van der Waals surface area contributed by atoms with Crippen LogP contribution in [-0.2, 0) is 0 Å². The molecule has 0 radical (unpaired) electrons. The third kappa shape index (κ3) is 1.36. The van der Waals surface area contributed by atoms with E-state index in [9.17, 15) is 4.79 Å². The number of anilines is 1. The van der Waals surface area contributed by atoms with Crippen LogP contribution in [0.4, 0.5) is 5.00 Å². The second-order valence-electron chi connectivity index (χ2n) is 5.57. The maximum atomic E-state index is 12.2. The Balaban J connectivity index is 1.75. The highest BCUT2D eigenvalue weighted by atomic mass is 32.1. The molecular weight excluding hydrogens is 232 g/mol. The average Bonchev–Trinajstić information content (AvgIpc) is 2.76. The van der Waals surface area contributed by atoms with Crippen LogP contribution in [0.3, 0.4) is 0 Å². The number of carbonyl (C=O) groups excluding carboxylic acids is 1. The number of fused-ring (bicyclic) bond motifs is 5. The quantitative estimate of drug-likeness (QED) is 0.845. The van der Waals surface area contributed by atoms with Crippen LogP contribution in [0.1, 0.15) is 64.7 Å². The maximum absolute atomic E-state index is 12.2. The molecule has 2 saturated carbocycles. The predicted molar refractivity (Wildman–Crippen MR) is 68.6 cm³/mol. The van der Waals surface area contributed by atoms with Gasteiger partial charge in [0.05, 0.1) is 10.6 Å². The monoisotopic (exact) mass is 248 g/mol. The van der Waals surface area contributed by atoms with Gasteiger partial charge in [0.2, 0.25) is 0 Å². The summed E-state index contributed by atoms with van der Waals surface area (Å²) in [5.41, 5.74) is 8.19. The SMILES string of the molecule is Nc1sc2c(c1C(=O)NC1CC1)C1CCC2C1. The minimum atomic E-state index is 0.0788. The van der Waals surface area contributed by atoms with Crippen LogP contribution in [0.5, 0.6) is 0 Å². The van der Waals surface area contributed by atoms with Crippen molar-refractivity contribution in [3.63, 3.8) is 0 Å². The Morgan fingerprint density at radius 1 is 1.24 bits per heavy atom. The first-order chi connectivity index (χ1) is 8.24. The number of hydrogen-bond donors (Lipinski definition) is 2. The fraction of sp³-hybridized carbons (Fsp3) is 0.615. The molecule has 4 rings (SSSR count). The van der Waals surface area contributed by atoms with Crippen LogP contribution in [0, 0.1) is 0 Å². The number of thiophene rings is 1. The highest BCUT2D eigenvalue weighted by Gasteiger charge is 2.42. The summed E-state index contributed by atoms with van der Waals surface area (Å²) in [6, 6.07) is 0.413. The third-order valence-corrected chi connectivity index (χ3v) is 5.55. The van der Waals surface area contributed by atoms with Crippen LogP contribution in [0.25, 0.3) is 0 Å². The Morgan fingerprint density at radius 2 is 2.00 bits per heavy atom. The average molecular weight is 248 g/mol. The van der Waals surface area contributed by atoms with Gasteiger partial charge in [0.1, 0.15) is 0 Å². The lowest BCUT2D eigenvalue weighted by Gasteiger charge is -2.12. The highest BCUT2D eigenvalue weighted by molar-refractivity contribution is 7.16. The highest BCUT2D eigenvalue weighted by Crippen LogP contribution is 2.58. The molecular formula is C13H16N2OS. The molecule has 3 N–H and O–H groups in total. The van der Waals surface area contributed by atoms with E-state index in [4.69, 9.17) is 5.73 Å². The molecule has 1 heterocycles. The van der Waals surface area contributed by atoms with E-state index < -0.39 is 0 Å². The zero-order valence-corrected chi connectivity index (χ0v) is 10.5. The maximum Gasteiger partial charge on any atom is 0.254 e. The first kappa shape index (κ1) is 9.95. The summed E-state index contributed by atoms with van der Waals surface area (Å²) in [4.78, 5) is 13.6. The number of nitrogen functional groups attached to an aromatic ring is 1. The van der Waals surface area contributed by atoms with Gasteiger partial charge in [0.15, 0.2) is 0 Å². The molecule has 1 aromatic rings. The van der Waals surface area contributed by atoms with E-state index >= 15 is 0 Å². The standard InChI is InChI=1S/C13H16N2OS/c14-12-10(13(16)15-8-3-4-8)9-6-1-2-7(5-6)11(9)17-12/h6-8H,1-5,14H2,(H,15,16). The molecule has 4 heteroatoms. The zero-order chi connectivity index (χ0) is 11.6. The van der Waals surface area contributed by atoms with Gasteiger partial charge in [-0.15, -0.1) is 11.3 Å². The Bertz CT molecular complexity index is 504. The van der Waals surface area contributed by atoms with Crippen LogP contribution < -0.4 is 11.1 Å². The van der Waals surface area contributed by atoms with Crippen LogP contribution in [0.2, 0.25) is 0 Å². The van der Waals surface area contributed by atoms with Crippen molar-refractivity contribution in [2.24, 2.45) is 0 Å². The van der Waals surface area contributed by atoms with E-state index in [1.165, 1.54) is 29.7 Å². The van der Waals surface area contributed by atoms with E-state index in [-0.39, 0.29) is 5.91 Å². The second-order valence-corrected chi connectivity index (χ2v) is 6.66. The molecule has 2 atom stereocenters. The van der Waals surface area contributed by atoms with Crippen molar-refractivity contribution in [2.45, 2.75) is 50.0 Å². The number of nitrogens with two attached hydrogens (primary N) is 1. The Kier molecular flexibility index (Phi) is 1.90. The fourth-order valence-corrected chi connectivity index (χ4v) is 4.69. The predicted octanol–water partition coefficient (Wildman–Crippen LogP) is 2.59. The van der Waals surface area contributed by atoms with Crippen molar-refractivity contribution in [2.75, 3.05) is 5.73 Å². The topological polar surface area (TPSA) is 55.1 Å². The molecule has 2 bridgehead atoms. The van der Waals surface area contributed by atoms with Crippen LogP contribution >= 0.6 is 11.3 Å².